The van der Waals surface area contributed by atoms with Crippen LogP contribution in [-0.4, -0.2) is 10.8 Å². The van der Waals surface area contributed by atoms with Crippen molar-refractivity contribution in [3.8, 4) is 0 Å². The third-order valence-electron chi connectivity index (χ3n) is 2.98. The number of carbonyl (C=O) groups excluding carboxylic acids is 1. The topological polar surface area (TPSA) is 30.0 Å². The van der Waals surface area contributed by atoms with Crippen LogP contribution in [0.25, 0.3) is 10.1 Å². The largest absolute Gasteiger partial charge is 0.292 e. The molecule has 0 unspecified atom stereocenters. The van der Waals surface area contributed by atoms with Gasteiger partial charge in [0.1, 0.15) is 5.69 Å². The normalized spacial score (nSPS) is 10.9. The molecule has 2 nitrogen and oxygen atoms in total. The van der Waals surface area contributed by atoms with Crippen LogP contribution in [0, 0.1) is 0 Å². The predicted octanol–water partition coefficient (Wildman–Crippen LogP) is 5.03. The average Bonchev–Trinajstić information content (AvgIpc) is 2.82. The smallest absolute Gasteiger partial charge is 0.187 e. The number of aromatic nitrogens is 1. The summed E-state index contributed by atoms with van der Waals surface area (Å²) in [6, 6.07) is 9.56. The van der Waals surface area contributed by atoms with Gasteiger partial charge in [-0.3, -0.25) is 4.79 Å². The molecule has 3 aromatic rings. The minimum Gasteiger partial charge on any atom is -0.292 e. The van der Waals surface area contributed by atoms with Crippen LogP contribution in [0.4, 0.5) is 0 Å². The van der Waals surface area contributed by atoms with Crippen LogP contribution in [0.3, 0.4) is 0 Å². The number of hydrogen-bond donors (Lipinski definition) is 0. The fraction of sp³-hybridized carbons (Fsp3) is 0.0667. The molecule has 2 heterocycles. The van der Waals surface area contributed by atoms with E-state index in [1.54, 1.807) is 11.3 Å². The Morgan fingerprint density at radius 3 is 2.85 bits per heavy atom. The number of Topliss-reactive ketones (excluding diaryl/α,β-unsaturated/α-hetero) is 1. The summed E-state index contributed by atoms with van der Waals surface area (Å²) in [6.07, 6.45) is 1.73. The van der Waals surface area contributed by atoms with Gasteiger partial charge in [0.15, 0.2) is 5.78 Å². The Balaban J connectivity index is 1.92. The first-order valence-electron chi connectivity index (χ1n) is 5.94. The number of pyridine rings is 1. The van der Waals surface area contributed by atoms with Crippen LogP contribution >= 0.6 is 34.5 Å². The molecule has 0 saturated carbocycles. The SMILES string of the molecule is O=C(Cc1csc2ccccc12)c1ncc(Cl)cc1Cl. The average molecular weight is 322 g/mol. The third kappa shape index (κ3) is 2.57. The van der Waals surface area contributed by atoms with E-state index in [4.69, 9.17) is 23.2 Å². The monoisotopic (exact) mass is 321 g/mol. The Hall–Kier alpha value is -1.42. The van der Waals surface area contributed by atoms with Crippen LogP contribution in [0.15, 0.2) is 41.9 Å². The van der Waals surface area contributed by atoms with Gasteiger partial charge in [-0.1, -0.05) is 41.4 Å². The van der Waals surface area contributed by atoms with E-state index in [-0.39, 0.29) is 11.5 Å². The molecule has 1 aromatic carbocycles. The van der Waals surface area contributed by atoms with E-state index < -0.39 is 0 Å². The van der Waals surface area contributed by atoms with E-state index in [0.29, 0.717) is 16.5 Å². The number of ketones is 1. The standard InChI is InChI=1S/C15H9Cl2NOS/c16-10-6-12(17)15(18-7-10)13(19)5-9-8-20-14-4-2-1-3-11(9)14/h1-4,6-8H,5H2. The molecule has 0 aliphatic rings. The summed E-state index contributed by atoms with van der Waals surface area (Å²) in [6.45, 7) is 0. The van der Waals surface area contributed by atoms with Gasteiger partial charge in [-0.2, -0.15) is 0 Å². The lowest BCUT2D eigenvalue weighted by Gasteiger charge is -2.02. The lowest BCUT2D eigenvalue weighted by molar-refractivity contribution is 0.0989. The van der Waals surface area contributed by atoms with Crippen molar-refractivity contribution in [1.29, 1.82) is 0 Å². The fourth-order valence-corrected chi connectivity index (χ4v) is 3.49. The minimum atomic E-state index is -0.102. The van der Waals surface area contributed by atoms with Crippen molar-refractivity contribution in [2.24, 2.45) is 0 Å². The molecule has 0 amide bonds. The van der Waals surface area contributed by atoms with Crippen molar-refractivity contribution in [2.75, 3.05) is 0 Å². The molecular weight excluding hydrogens is 313 g/mol. The number of rotatable bonds is 3. The number of benzene rings is 1. The van der Waals surface area contributed by atoms with Gasteiger partial charge in [-0.25, -0.2) is 4.98 Å². The van der Waals surface area contributed by atoms with Gasteiger partial charge < -0.3 is 0 Å². The summed E-state index contributed by atoms with van der Waals surface area (Å²) < 4.78 is 1.17. The summed E-state index contributed by atoms with van der Waals surface area (Å²) in [5.74, 6) is -0.102. The maximum atomic E-state index is 12.3. The molecule has 0 bridgehead atoms. The van der Waals surface area contributed by atoms with Crippen LogP contribution in [0.5, 0.6) is 0 Å². The number of halogens is 2. The summed E-state index contributed by atoms with van der Waals surface area (Å²) >= 11 is 13.4. The van der Waals surface area contributed by atoms with Crippen LogP contribution in [-0.2, 0) is 6.42 Å². The molecule has 20 heavy (non-hydrogen) atoms. The van der Waals surface area contributed by atoms with Gasteiger partial charge in [0.05, 0.1) is 10.0 Å². The third-order valence-corrected chi connectivity index (χ3v) is 4.49. The highest BCUT2D eigenvalue weighted by molar-refractivity contribution is 7.17. The number of nitrogens with zero attached hydrogens (tertiary/aromatic N) is 1. The highest BCUT2D eigenvalue weighted by Gasteiger charge is 2.15. The van der Waals surface area contributed by atoms with Crippen molar-refractivity contribution in [3.05, 3.63) is 63.2 Å². The molecular formula is C15H9Cl2NOS. The highest BCUT2D eigenvalue weighted by Crippen LogP contribution is 2.27. The van der Waals surface area contributed by atoms with Crippen molar-refractivity contribution in [3.63, 3.8) is 0 Å². The Morgan fingerprint density at radius 2 is 2.05 bits per heavy atom. The van der Waals surface area contributed by atoms with Crippen molar-refractivity contribution in [1.82, 2.24) is 4.98 Å². The Bertz CT molecular complexity index is 797. The predicted molar refractivity (Wildman–Crippen MR) is 84.1 cm³/mol. The van der Waals surface area contributed by atoms with E-state index in [1.165, 1.54) is 17.0 Å². The number of hydrogen-bond acceptors (Lipinski definition) is 3. The van der Waals surface area contributed by atoms with E-state index in [0.717, 1.165) is 10.9 Å². The Morgan fingerprint density at radius 1 is 1.25 bits per heavy atom. The molecule has 0 fully saturated rings. The van der Waals surface area contributed by atoms with Crippen LogP contribution in [0.1, 0.15) is 16.1 Å². The number of carbonyl (C=O) groups is 1. The molecule has 0 saturated heterocycles. The summed E-state index contributed by atoms with van der Waals surface area (Å²) in [5, 5.41) is 3.83. The molecule has 0 N–H and O–H groups in total. The van der Waals surface area contributed by atoms with E-state index >= 15 is 0 Å². The molecule has 3 rings (SSSR count). The zero-order valence-electron chi connectivity index (χ0n) is 10.3. The zero-order chi connectivity index (χ0) is 14.1. The first kappa shape index (κ1) is 13.6. The van der Waals surface area contributed by atoms with Crippen molar-refractivity contribution < 1.29 is 4.79 Å². The molecule has 0 aliphatic carbocycles. The minimum absolute atomic E-state index is 0.102. The van der Waals surface area contributed by atoms with Gasteiger partial charge >= 0.3 is 0 Å². The molecule has 100 valence electrons. The second-order valence-electron chi connectivity index (χ2n) is 4.34. The van der Waals surface area contributed by atoms with Gasteiger partial charge in [-0.15, -0.1) is 11.3 Å². The van der Waals surface area contributed by atoms with E-state index in [9.17, 15) is 4.79 Å². The van der Waals surface area contributed by atoms with Crippen LogP contribution in [0.2, 0.25) is 10.0 Å². The van der Waals surface area contributed by atoms with Crippen molar-refractivity contribution >= 4 is 50.4 Å². The maximum Gasteiger partial charge on any atom is 0.187 e. The first-order chi connectivity index (χ1) is 9.65. The van der Waals surface area contributed by atoms with Gasteiger partial charge in [0.25, 0.3) is 0 Å². The maximum absolute atomic E-state index is 12.3. The molecule has 0 atom stereocenters. The molecule has 0 aliphatic heterocycles. The summed E-state index contributed by atoms with van der Waals surface area (Å²) in [7, 11) is 0. The quantitative estimate of drug-likeness (QED) is 0.633. The second-order valence-corrected chi connectivity index (χ2v) is 6.10. The Labute approximate surface area is 130 Å². The number of fused-ring (bicyclic) bond motifs is 1. The van der Waals surface area contributed by atoms with Crippen LogP contribution < -0.4 is 0 Å². The van der Waals surface area contributed by atoms with Gasteiger partial charge in [-0.05, 0) is 28.5 Å². The van der Waals surface area contributed by atoms with E-state index in [2.05, 4.69) is 4.98 Å². The molecule has 5 heteroatoms. The first-order valence-corrected chi connectivity index (χ1v) is 7.58. The highest BCUT2D eigenvalue weighted by atomic mass is 35.5. The lowest BCUT2D eigenvalue weighted by Crippen LogP contribution is -2.06. The summed E-state index contributed by atoms with van der Waals surface area (Å²) in [4.78, 5) is 16.3. The van der Waals surface area contributed by atoms with Gasteiger partial charge in [0.2, 0.25) is 0 Å². The molecule has 0 radical (unpaired) electrons. The summed E-state index contributed by atoms with van der Waals surface area (Å²) in [5.41, 5.74) is 1.27. The molecule has 0 spiro atoms. The Kier molecular flexibility index (Phi) is 3.74. The lowest BCUT2D eigenvalue weighted by atomic mass is 10.1. The molecule has 2 aromatic heterocycles. The van der Waals surface area contributed by atoms with Crippen molar-refractivity contribution in [2.45, 2.75) is 6.42 Å². The van der Waals surface area contributed by atoms with Gasteiger partial charge in [0, 0.05) is 17.3 Å². The number of thiophene rings is 1. The second kappa shape index (κ2) is 5.52. The zero-order valence-corrected chi connectivity index (χ0v) is 12.6. The van der Waals surface area contributed by atoms with E-state index in [1.807, 2.05) is 29.6 Å². The fourth-order valence-electron chi connectivity index (χ4n) is 2.05.